The highest BCUT2D eigenvalue weighted by Crippen LogP contribution is 2.25. The molecule has 0 amide bonds. The quantitative estimate of drug-likeness (QED) is 0.784. The van der Waals surface area contributed by atoms with E-state index in [4.69, 9.17) is 10.5 Å². The van der Waals surface area contributed by atoms with Crippen LogP contribution >= 0.6 is 0 Å². The first-order valence-electron chi connectivity index (χ1n) is 6.62. The molecule has 1 heterocycles. The lowest BCUT2D eigenvalue weighted by Gasteiger charge is -2.16. The number of rotatable bonds is 5. The minimum absolute atomic E-state index is 0.718. The lowest BCUT2D eigenvalue weighted by Crippen LogP contribution is -2.22. The molecule has 100 valence electrons. The van der Waals surface area contributed by atoms with E-state index in [-0.39, 0.29) is 0 Å². The molecule has 0 aromatic heterocycles. The van der Waals surface area contributed by atoms with Crippen LogP contribution in [0.4, 0.5) is 11.4 Å². The predicted octanol–water partition coefficient (Wildman–Crippen LogP) is 2.03. The van der Waals surface area contributed by atoms with Crippen LogP contribution in [0.25, 0.3) is 0 Å². The Balaban J connectivity index is 1.90. The van der Waals surface area contributed by atoms with Crippen LogP contribution in [0.3, 0.4) is 0 Å². The van der Waals surface area contributed by atoms with E-state index in [1.807, 2.05) is 18.2 Å². The van der Waals surface area contributed by atoms with Gasteiger partial charge in [-0.25, -0.2) is 0 Å². The van der Waals surface area contributed by atoms with Crippen molar-refractivity contribution in [3.63, 3.8) is 0 Å². The van der Waals surface area contributed by atoms with Gasteiger partial charge < -0.3 is 20.7 Å². The van der Waals surface area contributed by atoms with E-state index in [2.05, 4.69) is 17.1 Å². The Morgan fingerprint density at radius 2 is 2.33 bits per heavy atom. The number of nitrogens with zero attached hydrogens (tertiary/aromatic N) is 1. The van der Waals surface area contributed by atoms with Gasteiger partial charge >= 0.3 is 0 Å². The summed E-state index contributed by atoms with van der Waals surface area (Å²) in [5.74, 6) is 1.56. The van der Waals surface area contributed by atoms with Gasteiger partial charge in [0.1, 0.15) is 5.75 Å². The highest BCUT2D eigenvalue weighted by Gasteiger charge is 2.20. The molecule has 0 aliphatic carbocycles. The summed E-state index contributed by atoms with van der Waals surface area (Å²) in [6.07, 6.45) is 1.27. The van der Waals surface area contributed by atoms with Gasteiger partial charge in [0.05, 0.1) is 18.5 Å². The van der Waals surface area contributed by atoms with Crippen molar-refractivity contribution >= 4 is 11.4 Å². The highest BCUT2D eigenvalue weighted by atomic mass is 16.5. The molecule has 1 atom stereocenters. The number of benzene rings is 1. The number of ether oxygens (including phenoxy) is 1. The fourth-order valence-corrected chi connectivity index (χ4v) is 2.44. The van der Waals surface area contributed by atoms with Crippen molar-refractivity contribution in [1.82, 2.24) is 4.90 Å². The molecule has 0 saturated carbocycles. The second-order valence-corrected chi connectivity index (χ2v) is 4.88. The molecule has 1 saturated heterocycles. The van der Waals surface area contributed by atoms with Crippen LogP contribution < -0.4 is 15.8 Å². The molecule has 0 bridgehead atoms. The maximum absolute atomic E-state index is 5.95. The molecule has 1 unspecified atom stereocenters. The molecule has 2 rings (SSSR count). The topological polar surface area (TPSA) is 50.5 Å². The zero-order valence-electron chi connectivity index (χ0n) is 11.3. The van der Waals surface area contributed by atoms with Crippen molar-refractivity contribution in [3.05, 3.63) is 18.2 Å². The monoisotopic (exact) mass is 249 g/mol. The van der Waals surface area contributed by atoms with E-state index >= 15 is 0 Å². The van der Waals surface area contributed by atoms with Crippen LogP contribution in [0.2, 0.25) is 0 Å². The highest BCUT2D eigenvalue weighted by molar-refractivity contribution is 5.68. The van der Waals surface area contributed by atoms with Gasteiger partial charge in [-0.3, -0.25) is 0 Å². The number of nitrogen functional groups attached to an aromatic ring is 1. The molecule has 4 heteroatoms. The molecule has 1 aromatic rings. The first-order chi connectivity index (χ1) is 8.72. The van der Waals surface area contributed by atoms with Gasteiger partial charge in [-0.2, -0.15) is 0 Å². The van der Waals surface area contributed by atoms with E-state index < -0.39 is 0 Å². The van der Waals surface area contributed by atoms with Gasteiger partial charge in [-0.1, -0.05) is 6.92 Å². The summed E-state index contributed by atoms with van der Waals surface area (Å²) >= 11 is 0. The number of hydrogen-bond donors (Lipinski definition) is 2. The third kappa shape index (κ3) is 3.07. The maximum atomic E-state index is 5.95. The maximum Gasteiger partial charge on any atom is 0.121 e. The zero-order chi connectivity index (χ0) is 13.0. The lowest BCUT2D eigenvalue weighted by atomic mass is 10.1. The third-order valence-electron chi connectivity index (χ3n) is 3.66. The number of nitrogens with one attached hydrogen (secondary N) is 1. The molecular formula is C14H23N3O. The van der Waals surface area contributed by atoms with Crippen molar-refractivity contribution in [1.29, 1.82) is 0 Å². The Labute approximate surface area is 109 Å². The number of nitrogens with two attached hydrogens (primary N) is 1. The van der Waals surface area contributed by atoms with Crippen LogP contribution in [0.15, 0.2) is 18.2 Å². The summed E-state index contributed by atoms with van der Waals surface area (Å²) < 4.78 is 5.21. The van der Waals surface area contributed by atoms with E-state index in [9.17, 15) is 0 Å². The summed E-state index contributed by atoms with van der Waals surface area (Å²) in [4.78, 5) is 2.49. The molecular weight excluding hydrogens is 226 g/mol. The van der Waals surface area contributed by atoms with Crippen molar-refractivity contribution in [2.24, 2.45) is 5.92 Å². The molecule has 1 fully saturated rings. The van der Waals surface area contributed by atoms with Crippen molar-refractivity contribution < 1.29 is 4.74 Å². The van der Waals surface area contributed by atoms with Crippen molar-refractivity contribution in [3.8, 4) is 5.75 Å². The lowest BCUT2D eigenvalue weighted by molar-refractivity contribution is 0.345. The Kier molecular flexibility index (Phi) is 4.31. The zero-order valence-corrected chi connectivity index (χ0v) is 11.3. The van der Waals surface area contributed by atoms with Crippen LogP contribution in [0.5, 0.6) is 5.75 Å². The van der Waals surface area contributed by atoms with Gasteiger partial charge in [-0.15, -0.1) is 0 Å². The SMILES string of the molecule is CCN1CCC(CNc2cc(OC)ccc2N)C1. The fourth-order valence-electron chi connectivity index (χ4n) is 2.44. The standard InChI is InChI=1S/C14H23N3O/c1-3-17-7-6-11(10-17)9-16-14-8-12(18-2)4-5-13(14)15/h4-5,8,11,16H,3,6-7,9-10,15H2,1-2H3. The Morgan fingerprint density at radius 1 is 1.50 bits per heavy atom. The molecule has 18 heavy (non-hydrogen) atoms. The van der Waals surface area contributed by atoms with Gasteiger partial charge in [0, 0.05) is 19.2 Å². The first kappa shape index (κ1) is 13.0. The molecule has 1 aliphatic rings. The average molecular weight is 249 g/mol. The van der Waals surface area contributed by atoms with Crippen LogP contribution in [-0.4, -0.2) is 38.2 Å². The van der Waals surface area contributed by atoms with Gasteiger partial charge in [-0.05, 0) is 37.6 Å². The number of likely N-dealkylation sites (tertiary alicyclic amines) is 1. The second kappa shape index (κ2) is 5.96. The summed E-state index contributed by atoms with van der Waals surface area (Å²) in [6, 6.07) is 5.73. The van der Waals surface area contributed by atoms with Crippen molar-refractivity contribution in [2.75, 3.05) is 44.3 Å². The Hall–Kier alpha value is -1.42. The third-order valence-corrected chi connectivity index (χ3v) is 3.66. The molecule has 1 aromatic carbocycles. The number of hydrogen-bond acceptors (Lipinski definition) is 4. The van der Waals surface area contributed by atoms with Crippen LogP contribution in [0, 0.1) is 5.92 Å². The Morgan fingerprint density at radius 3 is 3.00 bits per heavy atom. The summed E-state index contributed by atoms with van der Waals surface area (Å²) in [7, 11) is 1.67. The molecule has 0 radical (unpaired) electrons. The predicted molar refractivity (Wildman–Crippen MR) is 76.1 cm³/mol. The second-order valence-electron chi connectivity index (χ2n) is 4.88. The average Bonchev–Trinajstić information content (AvgIpc) is 2.86. The van der Waals surface area contributed by atoms with Crippen LogP contribution in [0.1, 0.15) is 13.3 Å². The van der Waals surface area contributed by atoms with Crippen molar-refractivity contribution in [2.45, 2.75) is 13.3 Å². The minimum Gasteiger partial charge on any atom is -0.497 e. The number of anilines is 2. The first-order valence-corrected chi connectivity index (χ1v) is 6.62. The van der Waals surface area contributed by atoms with E-state index in [0.29, 0.717) is 0 Å². The minimum atomic E-state index is 0.718. The fraction of sp³-hybridized carbons (Fsp3) is 0.571. The largest absolute Gasteiger partial charge is 0.497 e. The molecule has 0 spiro atoms. The summed E-state index contributed by atoms with van der Waals surface area (Å²) in [5.41, 5.74) is 7.71. The molecule has 3 N–H and O–H groups in total. The van der Waals surface area contributed by atoms with Gasteiger partial charge in [0.25, 0.3) is 0 Å². The normalized spacial score (nSPS) is 20.0. The summed E-state index contributed by atoms with van der Waals surface area (Å²) in [5, 5.41) is 3.44. The van der Waals surface area contributed by atoms with Gasteiger partial charge in [0.2, 0.25) is 0 Å². The summed E-state index contributed by atoms with van der Waals surface area (Å²) in [6.45, 7) is 6.76. The van der Waals surface area contributed by atoms with Gasteiger partial charge in [0.15, 0.2) is 0 Å². The molecule has 4 nitrogen and oxygen atoms in total. The Bertz CT molecular complexity index is 395. The van der Waals surface area contributed by atoms with Crippen LogP contribution in [-0.2, 0) is 0 Å². The van der Waals surface area contributed by atoms with E-state index in [0.717, 1.165) is 36.1 Å². The molecule has 1 aliphatic heterocycles. The van der Waals surface area contributed by atoms with E-state index in [1.165, 1.54) is 19.5 Å². The van der Waals surface area contributed by atoms with E-state index in [1.54, 1.807) is 7.11 Å². The number of methoxy groups -OCH3 is 1. The smallest absolute Gasteiger partial charge is 0.121 e.